The molecule has 2 rings (SSSR count). The molecule has 1 aliphatic carbocycles. The summed E-state index contributed by atoms with van der Waals surface area (Å²) in [5, 5.41) is 10.8. The standard InChI is InChI=1S/C19H24BrF2N3O3/c1-4-28-19(27)16(17(26)14-6-5-7-25(14)3)24-9-12-11(18(21)22)8-13(20)10(2)15(12)23/h8-9,14,16,18,23-24H,4-7H2,1-3H3/b12-9-,23-15?. The van der Waals surface area contributed by atoms with E-state index in [1.807, 2.05) is 4.90 Å². The molecule has 0 spiro atoms. The lowest BCUT2D eigenvalue weighted by Crippen LogP contribution is -2.50. The molecule has 0 aromatic rings. The van der Waals surface area contributed by atoms with Crippen molar-refractivity contribution in [3.05, 3.63) is 33.5 Å². The third kappa shape index (κ3) is 4.75. The second-order valence-electron chi connectivity index (χ2n) is 6.70. The van der Waals surface area contributed by atoms with E-state index in [0.29, 0.717) is 16.5 Å². The Labute approximate surface area is 171 Å². The maximum atomic E-state index is 13.5. The minimum absolute atomic E-state index is 0.0578. The number of hydrogen-bond acceptors (Lipinski definition) is 6. The van der Waals surface area contributed by atoms with Gasteiger partial charge in [0, 0.05) is 21.8 Å². The highest BCUT2D eigenvalue weighted by molar-refractivity contribution is 9.12. The molecule has 1 aliphatic heterocycles. The van der Waals surface area contributed by atoms with Gasteiger partial charge in [-0.25, -0.2) is 13.6 Å². The van der Waals surface area contributed by atoms with Crippen LogP contribution in [0.25, 0.3) is 0 Å². The number of carbonyl (C=O) groups is 2. The number of halogens is 3. The number of esters is 1. The zero-order valence-corrected chi connectivity index (χ0v) is 17.6. The van der Waals surface area contributed by atoms with E-state index in [0.717, 1.165) is 19.2 Å². The van der Waals surface area contributed by atoms with Gasteiger partial charge in [-0.1, -0.05) is 15.9 Å². The molecule has 2 atom stereocenters. The maximum absolute atomic E-state index is 13.5. The summed E-state index contributed by atoms with van der Waals surface area (Å²) in [6, 6.07) is -1.76. The van der Waals surface area contributed by atoms with Gasteiger partial charge in [-0.05, 0) is 51.9 Å². The lowest BCUT2D eigenvalue weighted by Gasteiger charge is -2.24. The van der Waals surface area contributed by atoms with Crippen LogP contribution < -0.4 is 5.32 Å². The normalized spacial score (nSPS) is 23.2. The Morgan fingerprint density at radius 3 is 2.71 bits per heavy atom. The van der Waals surface area contributed by atoms with Gasteiger partial charge in [0.05, 0.1) is 18.4 Å². The van der Waals surface area contributed by atoms with Crippen LogP contribution in [0, 0.1) is 5.41 Å². The smallest absolute Gasteiger partial charge is 0.336 e. The van der Waals surface area contributed by atoms with Gasteiger partial charge in [0.1, 0.15) is 0 Å². The van der Waals surface area contributed by atoms with Crippen LogP contribution in [0.5, 0.6) is 0 Å². The number of allylic oxidation sites excluding steroid dienone is 5. The molecular weight excluding hydrogens is 436 g/mol. The van der Waals surface area contributed by atoms with Gasteiger partial charge >= 0.3 is 5.97 Å². The van der Waals surface area contributed by atoms with Gasteiger partial charge in [0.25, 0.3) is 6.43 Å². The van der Waals surface area contributed by atoms with Gasteiger partial charge in [-0.2, -0.15) is 0 Å². The number of nitrogens with one attached hydrogen (secondary N) is 2. The minimum atomic E-state index is -2.81. The van der Waals surface area contributed by atoms with Crippen LogP contribution in [0.4, 0.5) is 8.78 Å². The Balaban J connectivity index is 2.33. The van der Waals surface area contributed by atoms with E-state index in [1.165, 1.54) is 6.08 Å². The highest BCUT2D eigenvalue weighted by Crippen LogP contribution is 2.32. The van der Waals surface area contributed by atoms with E-state index in [-0.39, 0.29) is 29.2 Å². The van der Waals surface area contributed by atoms with Crippen molar-refractivity contribution in [1.82, 2.24) is 10.2 Å². The maximum Gasteiger partial charge on any atom is 0.336 e. The number of ether oxygens (including phenoxy) is 1. The summed E-state index contributed by atoms with van der Waals surface area (Å²) in [7, 11) is 1.80. The number of hydrogen-bond donors (Lipinski definition) is 2. The second-order valence-corrected chi connectivity index (χ2v) is 7.55. The van der Waals surface area contributed by atoms with E-state index >= 15 is 0 Å². The number of alkyl halides is 2. The van der Waals surface area contributed by atoms with Crippen molar-refractivity contribution < 1.29 is 23.1 Å². The molecule has 1 saturated heterocycles. The molecule has 154 valence electrons. The first-order valence-electron chi connectivity index (χ1n) is 9.01. The lowest BCUT2D eigenvalue weighted by atomic mass is 9.92. The molecule has 9 heteroatoms. The average molecular weight is 460 g/mol. The molecular formula is C19H24BrF2N3O3. The van der Waals surface area contributed by atoms with Gasteiger partial charge in [-0.3, -0.25) is 15.1 Å². The van der Waals surface area contributed by atoms with E-state index in [2.05, 4.69) is 21.2 Å². The monoisotopic (exact) mass is 459 g/mol. The van der Waals surface area contributed by atoms with Crippen LogP contribution in [-0.4, -0.2) is 61.1 Å². The third-order valence-corrected chi connectivity index (χ3v) is 5.70. The molecule has 0 saturated carbocycles. The number of nitrogens with zero attached hydrogens (tertiary/aromatic N) is 1. The van der Waals surface area contributed by atoms with Crippen molar-refractivity contribution in [3.63, 3.8) is 0 Å². The van der Waals surface area contributed by atoms with E-state index < -0.39 is 24.5 Å². The zero-order chi connectivity index (χ0) is 21.0. The number of likely N-dealkylation sites (tertiary alicyclic amines) is 1. The Morgan fingerprint density at radius 2 is 2.18 bits per heavy atom. The zero-order valence-electron chi connectivity index (χ0n) is 16.0. The molecule has 2 N–H and O–H groups in total. The van der Waals surface area contributed by atoms with E-state index in [9.17, 15) is 18.4 Å². The largest absolute Gasteiger partial charge is 0.464 e. The predicted octanol–water partition coefficient (Wildman–Crippen LogP) is 2.95. The number of likely N-dealkylation sites (N-methyl/N-ethyl adjacent to an activating group) is 1. The van der Waals surface area contributed by atoms with Gasteiger partial charge in [0.15, 0.2) is 11.8 Å². The van der Waals surface area contributed by atoms with Crippen molar-refractivity contribution in [2.24, 2.45) is 0 Å². The summed E-state index contributed by atoms with van der Waals surface area (Å²) in [6.45, 7) is 4.09. The quantitative estimate of drug-likeness (QED) is 0.451. The molecule has 1 fully saturated rings. The fourth-order valence-electron chi connectivity index (χ4n) is 3.25. The molecule has 6 nitrogen and oxygen atoms in total. The molecule has 2 unspecified atom stereocenters. The summed E-state index contributed by atoms with van der Waals surface area (Å²) in [4.78, 5) is 27.1. The molecule has 1 heterocycles. The van der Waals surface area contributed by atoms with Crippen LogP contribution >= 0.6 is 15.9 Å². The molecule has 0 bridgehead atoms. The summed E-state index contributed by atoms with van der Waals surface area (Å²) in [6.07, 6.45) is 1.04. The molecule has 0 amide bonds. The first kappa shape index (κ1) is 22.4. The Hall–Kier alpha value is -1.87. The third-order valence-electron chi connectivity index (χ3n) is 4.88. The highest BCUT2D eigenvalue weighted by Gasteiger charge is 2.37. The summed E-state index contributed by atoms with van der Waals surface area (Å²) in [5.74, 6) is -1.13. The number of Topliss-reactive ketones (excluding diaryl/α,β-unsaturated/α-hetero) is 1. The minimum Gasteiger partial charge on any atom is -0.464 e. The number of carbonyl (C=O) groups excluding carboxylic acids is 2. The van der Waals surface area contributed by atoms with Gasteiger partial charge < -0.3 is 10.1 Å². The summed E-state index contributed by atoms with van der Waals surface area (Å²) >= 11 is 3.18. The van der Waals surface area contributed by atoms with Crippen molar-refractivity contribution in [1.29, 1.82) is 5.41 Å². The number of rotatable bonds is 7. The van der Waals surface area contributed by atoms with Gasteiger partial charge in [0.2, 0.25) is 0 Å². The fourth-order valence-corrected chi connectivity index (χ4v) is 3.69. The predicted molar refractivity (Wildman–Crippen MR) is 106 cm³/mol. The first-order chi connectivity index (χ1) is 13.2. The molecule has 2 aliphatic rings. The fraction of sp³-hybridized carbons (Fsp3) is 0.526. The van der Waals surface area contributed by atoms with E-state index in [4.69, 9.17) is 10.1 Å². The van der Waals surface area contributed by atoms with Crippen LogP contribution in [0.1, 0.15) is 26.7 Å². The second kappa shape index (κ2) is 9.56. The van der Waals surface area contributed by atoms with Crippen molar-refractivity contribution >= 4 is 33.4 Å². The van der Waals surface area contributed by atoms with Crippen molar-refractivity contribution in [3.8, 4) is 0 Å². The van der Waals surface area contributed by atoms with Gasteiger partial charge in [-0.15, -0.1) is 0 Å². The first-order valence-corrected chi connectivity index (χ1v) is 9.80. The molecule has 0 radical (unpaired) electrons. The summed E-state index contributed by atoms with van der Waals surface area (Å²) < 4.78 is 32.3. The molecule has 0 aromatic heterocycles. The van der Waals surface area contributed by atoms with Crippen molar-refractivity contribution in [2.75, 3.05) is 20.2 Å². The van der Waals surface area contributed by atoms with Crippen LogP contribution in [0.3, 0.4) is 0 Å². The lowest BCUT2D eigenvalue weighted by molar-refractivity contribution is -0.149. The Bertz CT molecular complexity index is 762. The Kier molecular flexibility index (Phi) is 7.65. The Morgan fingerprint density at radius 1 is 1.50 bits per heavy atom. The molecule has 28 heavy (non-hydrogen) atoms. The van der Waals surface area contributed by atoms with Crippen LogP contribution in [-0.2, 0) is 14.3 Å². The summed E-state index contributed by atoms with van der Waals surface area (Å²) in [5.41, 5.74) is -0.0437. The molecule has 0 aromatic carbocycles. The van der Waals surface area contributed by atoms with Crippen LogP contribution in [0.2, 0.25) is 0 Å². The SMILES string of the molecule is CCOC(=O)C(N/C=C1\C(=N)C(C)=C(Br)C=C1C(F)F)C(=O)C1CCCN1C. The van der Waals surface area contributed by atoms with Crippen molar-refractivity contribution in [2.45, 2.75) is 45.2 Å². The average Bonchev–Trinajstić information content (AvgIpc) is 3.07. The van der Waals surface area contributed by atoms with E-state index in [1.54, 1.807) is 20.9 Å². The van der Waals surface area contributed by atoms with Crippen LogP contribution in [0.15, 0.2) is 33.5 Å². The topological polar surface area (TPSA) is 82.5 Å². The highest BCUT2D eigenvalue weighted by atomic mass is 79.9. The number of ketones is 1.